The van der Waals surface area contributed by atoms with Gasteiger partial charge >= 0.3 is 7.12 Å². The molecule has 0 aromatic rings. The first-order chi connectivity index (χ1) is 25.8. The summed E-state index contributed by atoms with van der Waals surface area (Å²) in [5.74, 6) is -0.395. The number of rotatable bonds is 30. The zero-order chi connectivity index (χ0) is 39.7. The van der Waals surface area contributed by atoms with Crippen LogP contribution in [0.25, 0.3) is 0 Å². The van der Waals surface area contributed by atoms with Crippen LogP contribution in [0, 0.1) is 23.2 Å². The number of nitrogens with two attached hydrogens (primary N) is 2. The molecule has 0 aromatic heterocycles. The largest absolute Gasteiger partial charge is 0.461 e. The monoisotopic (exact) mass is 759 g/mol. The Bertz CT molecular complexity index is 1170. The summed E-state index contributed by atoms with van der Waals surface area (Å²) in [5.41, 5.74) is 11.4. The van der Waals surface area contributed by atoms with E-state index in [2.05, 4.69) is 38.3 Å². The molecule has 3 aliphatic carbocycles. The molecule has 310 valence electrons. The SMILES string of the molecule is CCCCCCCCCCCCCC(=O)N[C@@H](CCCCN)C(=O)C[C@@H](C)C(=O)N[C@@H](CCCCN)C(=O)C[C@@H](C)B1O[C@@H]2C[C@@H]3C[C@@H](C3(C)C)[C@]2(C)O1. The van der Waals surface area contributed by atoms with E-state index < -0.39 is 25.1 Å². The highest BCUT2D eigenvalue weighted by molar-refractivity contribution is 6.47. The zero-order valence-electron chi connectivity index (χ0n) is 35.2. The second-order valence-corrected chi connectivity index (χ2v) is 18.1. The van der Waals surface area contributed by atoms with Crippen LogP contribution in [0.2, 0.25) is 5.82 Å². The minimum atomic E-state index is -0.680. The van der Waals surface area contributed by atoms with Gasteiger partial charge in [0, 0.05) is 25.2 Å². The summed E-state index contributed by atoms with van der Waals surface area (Å²) in [6.45, 7) is 13.8. The third kappa shape index (κ3) is 13.7. The van der Waals surface area contributed by atoms with Crippen LogP contribution in [-0.2, 0) is 28.5 Å². The molecule has 54 heavy (non-hydrogen) atoms. The number of unbranched alkanes of at least 4 members (excludes halogenated alkanes) is 12. The molecule has 1 saturated heterocycles. The first kappa shape index (κ1) is 46.6. The number of ketones is 2. The molecule has 11 heteroatoms. The lowest BCUT2D eigenvalue weighted by Gasteiger charge is -2.64. The van der Waals surface area contributed by atoms with Gasteiger partial charge in [0.2, 0.25) is 11.8 Å². The molecular weight excluding hydrogens is 679 g/mol. The number of hydrogen-bond donors (Lipinski definition) is 4. The standard InChI is InChI=1S/C43H79BN4O6/c1-7-8-9-10-11-12-13-14-15-16-17-24-40(51)47-34(22-18-20-25-45)36(49)27-31(2)41(52)48-35(23-19-21-26-46)37(50)28-32(3)44-53-39-30-33-29-38(42(33,4)5)43(39,6)54-44/h31-35,38-39H,7-30,45-46H2,1-6H3,(H,47,51)(H,48,52)/t31-,32-,33+,34+,35+,38+,39-,43+/m1/s1. The highest BCUT2D eigenvalue weighted by Gasteiger charge is 2.68. The molecule has 0 spiro atoms. The Hall–Kier alpha value is -1.82. The quantitative estimate of drug-likeness (QED) is 0.0430. The molecule has 3 saturated carbocycles. The molecule has 0 radical (unpaired) electrons. The van der Waals surface area contributed by atoms with E-state index in [-0.39, 0.29) is 59.2 Å². The fraction of sp³-hybridized carbons (Fsp3) is 0.907. The maximum Gasteiger partial charge on any atom is 0.461 e. The summed E-state index contributed by atoms with van der Waals surface area (Å²) in [7, 11) is -0.461. The van der Waals surface area contributed by atoms with Gasteiger partial charge in [-0.25, -0.2) is 0 Å². The van der Waals surface area contributed by atoms with Crippen LogP contribution < -0.4 is 22.1 Å². The summed E-state index contributed by atoms with van der Waals surface area (Å²) < 4.78 is 13.1. The normalized spacial score (nSPS) is 24.9. The van der Waals surface area contributed by atoms with Crippen molar-refractivity contribution in [3.05, 3.63) is 0 Å². The second-order valence-electron chi connectivity index (χ2n) is 18.1. The van der Waals surface area contributed by atoms with Gasteiger partial charge in [-0.15, -0.1) is 0 Å². The third-order valence-corrected chi connectivity index (χ3v) is 13.2. The average Bonchev–Trinajstić information content (AvgIpc) is 3.50. The number of carbonyl (C=O) groups excluding carboxylic acids is 4. The van der Waals surface area contributed by atoms with Crippen molar-refractivity contribution in [2.75, 3.05) is 13.1 Å². The highest BCUT2D eigenvalue weighted by Crippen LogP contribution is 2.66. The van der Waals surface area contributed by atoms with Gasteiger partial charge in [-0.3, -0.25) is 19.2 Å². The molecule has 0 aromatic carbocycles. The molecule has 0 unspecified atom stereocenters. The fourth-order valence-corrected chi connectivity index (χ4v) is 9.38. The van der Waals surface area contributed by atoms with E-state index in [1.54, 1.807) is 6.92 Å². The summed E-state index contributed by atoms with van der Waals surface area (Å²) in [6.07, 6.45) is 20.0. The molecule has 2 amide bonds. The Kier molecular flexibility index (Phi) is 20.2. The van der Waals surface area contributed by atoms with Gasteiger partial charge in [0.25, 0.3) is 0 Å². The lowest BCUT2D eigenvalue weighted by molar-refractivity contribution is -0.199. The van der Waals surface area contributed by atoms with E-state index in [0.717, 1.165) is 44.9 Å². The number of hydrogen-bond acceptors (Lipinski definition) is 8. The predicted octanol–water partition coefficient (Wildman–Crippen LogP) is 7.59. The van der Waals surface area contributed by atoms with E-state index in [1.165, 1.54) is 57.8 Å². The highest BCUT2D eigenvalue weighted by atomic mass is 16.7. The van der Waals surface area contributed by atoms with Crippen molar-refractivity contribution in [2.45, 2.75) is 212 Å². The van der Waals surface area contributed by atoms with Crippen molar-refractivity contribution < 1.29 is 28.5 Å². The topological polar surface area (TPSA) is 163 Å². The summed E-state index contributed by atoms with van der Waals surface area (Å²) >= 11 is 0. The van der Waals surface area contributed by atoms with Gasteiger partial charge in [0.15, 0.2) is 11.6 Å². The Morgan fingerprint density at radius 3 is 1.81 bits per heavy atom. The molecular formula is C43H79BN4O6. The van der Waals surface area contributed by atoms with Crippen LogP contribution in [0.4, 0.5) is 0 Å². The Morgan fingerprint density at radius 2 is 1.26 bits per heavy atom. The summed E-state index contributed by atoms with van der Waals surface area (Å²) in [5, 5.41) is 5.96. The average molecular weight is 759 g/mol. The van der Waals surface area contributed by atoms with Crippen molar-refractivity contribution in [1.29, 1.82) is 0 Å². The minimum Gasteiger partial charge on any atom is -0.405 e. The van der Waals surface area contributed by atoms with E-state index in [9.17, 15) is 19.2 Å². The maximum atomic E-state index is 13.8. The molecule has 4 rings (SSSR count). The van der Waals surface area contributed by atoms with Crippen molar-refractivity contribution in [2.24, 2.45) is 34.6 Å². The molecule has 1 aliphatic heterocycles. The van der Waals surface area contributed by atoms with E-state index in [0.29, 0.717) is 50.6 Å². The van der Waals surface area contributed by atoms with Gasteiger partial charge in [-0.2, -0.15) is 0 Å². The van der Waals surface area contributed by atoms with Crippen LogP contribution in [-0.4, -0.2) is 67.4 Å². The first-order valence-corrected chi connectivity index (χ1v) is 22.2. The van der Waals surface area contributed by atoms with Gasteiger partial charge < -0.3 is 31.4 Å². The number of amides is 2. The first-order valence-electron chi connectivity index (χ1n) is 22.2. The lowest BCUT2D eigenvalue weighted by atomic mass is 9.43. The van der Waals surface area contributed by atoms with E-state index >= 15 is 0 Å². The van der Waals surface area contributed by atoms with Gasteiger partial charge in [-0.05, 0) is 101 Å². The van der Waals surface area contributed by atoms with Crippen LogP contribution in [0.15, 0.2) is 0 Å². The Morgan fingerprint density at radius 1 is 0.722 bits per heavy atom. The molecule has 4 fully saturated rings. The molecule has 6 N–H and O–H groups in total. The Balaban J connectivity index is 1.47. The smallest absolute Gasteiger partial charge is 0.405 e. The van der Waals surface area contributed by atoms with Crippen LogP contribution >= 0.6 is 0 Å². The molecule has 10 nitrogen and oxygen atoms in total. The van der Waals surface area contributed by atoms with Crippen molar-refractivity contribution in [3.8, 4) is 0 Å². The predicted molar refractivity (Wildman–Crippen MR) is 219 cm³/mol. The van der Waals surface area contributed by atoms with Gasteiger partial charge in [0.05, 0.1) is 23.8 Å². The lowest BCUT2D eigenvalue weighted by Crippen LogP contribution is -2.65. The van der Waals surface area contributed by atoms with Crippen molar-refractivity contribution in [1.82, 2.24) is 10.6 Å². The van der Waals surface area contributed by atoms with Gasteiger partial charge in [0.1, 0.15) is 0 Å². The molecule has 4 aliphatic rings. The molecule has 8 atom stereocenters. The summed E-state index contributed by atoms with van der Waals surface area (Å²) in [6, 6.07) is -1.33. The second kappa shape index (κ2) is 23.4. The molecule has 2 bridgehead atoms. The van der Waals surface area contributed by atoms with Crippen molar-refractivity contribution >= 4 is 30.5 Å². The number of carbonyl (C=O) groups is 4. The summed E-state index contributed by atoms with van der Waals surface area (Å²) in [4.78, 5) is 53.7. The van der Waals surface area contributed by atoms with E-state index in [1.807, 2.05) is 6.92 Å². The zero-order valence-corrected chi connectivity index (χ0v) is 35.2. The van der Waals surface area contributed by atoms with Crippen LogP contribution in [0.1, 0.15) is 183 Å². The molecule has 1 heterocycles. The minimum absolute atomic E-state index is 0.0137. The van der Waals surface area contributed by atoms with Gasteiger partial charge in [-0.1, -0.05) is 98.8 Å². The maximum absolute atomic E-state index is 13.8. The van der Waals surface area contributed by atoms with Crippen LogP contribution in [0.5, 0.6) is 0 Å². The Labute approximate surface area is 329 Å². The van der Waals surface area contributed by atoms with Crippen molar-refractivity contribution in [3.63, 3.8) is 0 Å². The number of Topliss-reactive ketones (excluding diaryl/α,β-unsaturated/α-hetero) is 2. The van der Waals surface area contributed by atoms with Crippen LogP contribution in [0.3, 0.4) is 0 Å². The van der Waals surface area contributed by atoms with E-state index in [4.69, 9.17) is 20.8 Å². The number of nitrogens with one attached hydrogen (secondary N) is 2. The third-order valence-electron chi connectivity index (χ3n) is 13.2. The fourth-order valence-electron chi connectivity index (χ4n) is 9.38.